The summed E-state index contributed by atoms with van der Waals surface area (Å²) in [5.41, 5.74) is 0.862. The van der Waals surface area contributed by atoms with Crippen LogP contribution in [0.5, 0.6) is 0 Å². The van der Waals surface area contributed by atoms with Gasteiger partial charge in [0.2, 0.25) is 6.41 Å². The van der Waals surface area contributed by atoms with Crippen LogP contribution in [0.4, 0.5) is 0 Å². The van der Waals surface area contributed by atoms with E-state index in [-0.39, 0.29) is 24.0 Å². The highest BCUT2D eigenvalue weighted by molar-refractivity contribution is 5.94. The molecule has 0 rings (SSSR count). The molecule has 0 heterocycles. The molecule has 0 radical (unpaired) electrons. The number of carbonyl (C=O) groups is 2. The minimum Gasteiger partial charge on any atom is -0.396 e. The molecule has 0 unspecified atom stereocenters. The largest absolute Gasteiger partial charge is 0.396 e. The van der Waals surface area contributed by atoms with Crippen LogP contribution in [0.2, 0.25) is 0 Å². The Hall–Kier alpha value is -2.06. The summed E-state index contributed by atoms with van der Waals surface area (Å²) in [7, 11) is 1.63. The van der Waals surface area contributed by atoms with E-state index in [9.17, 15) is 14.7 Å². The second kappa shape index (κ2) is 17.1. The van der Waals surface area contributed by atoms with E-state index in [1.54, 1.807) is 18.9 Å². The maximum atomic E-state index is 13.0. The van der Waals surface area contributed by atoms with Crippen LogP contribution >= 0.6 is 0 Å². The van der Waals surface area contributed by atoms with Crippen molar-refractivity contribution in [1.29, 1.82) is 0 Å². The third kappa shape index (κ3) is 10.9. The first kappa shape index (κ1) is 28.2. The summed E-state index contributed by atoms with van der Waals surface area (Å²) in [6.07, 6.45) is 2.72. The number of hydrogen-bond acceptors (Lipinski definition) is 6. The fourth-order valence-corrected chi connectivity index (χ4v) is 2.44. The van der Waals surface area contributed by atoms with Gasteiger partial charge in [-0.1, -0.05) is 34.3 Å². The predicted octanol–water partition coefficient (Wildman–Crippen LogP) is 1.58. The molecule has 28 heavy (non-hydrogen) atoms. The summed E-state index contributed by atoms with van der Waals surface area (Å²) < 4.78 is 0. The van der Waals surface area contributed by atoms with Crippen molar-refractivity contribution in [2.24, 2.45) is 5.92 Å². The SMILES string of the molecule is C=C(C)N(CCCC(C)C)/C(C(=O)N(C)CCCO)=C(/NC=O)NCO.CC. The van der Waals surface area contributed by atoms with E-state index in [0.717, 1.165) is 12.8 Å². The monoisotopic (exact) mass is 400 g/mol. The maximum absolute atomic E-state index is 13.0. The van der Waals surface area contributed by atoms with Crippen LogP contribution in [0.15, 0.2) is 23.8 Å². The molecule has 8 heteroatoms. The molecule has 0 saturated carbocycles. The molecule has 0 aromatic heterocycles. The molecule has 0 spiro atoms. The number of amides is 2. The van der Waals surface area contributed by atoms with Crippen molar-refractivity contribution in [2.75, 3.05) is 33.5 Å². The van der Waals surface area contributed by atoms with E-state index in [2.05, 4.69) is 31.1 Å². The molecule has 8 nitrogen and oxygen atoms in total. The van der Waals surface area contributed by atoms with E-state index in [1.807, 2.05) is 13.8 Å². The molecule has 0 aromatic carbocycles. The number of aliphatic hydroxyl groups is 2. The smallest absolute Gasteiger partial charge is 0.274 e. The summed E-state index contributed by atoms with van der Waals surface area (Å²) in [4.78, 5) is 27.2. The highest BCUT2D eigenvalue weighted by Crippen LogP contribution is 2.18. The van der Waals surface area contributed by atoms with Crippen LogP contribution in [0.3, 0.4) is 0 Å². The second-order valence-electron chi connectivity index (χ2n) is 6.55. The standard InChI is InChI=1S/C18H34N4O4.C2H6/c1-14(2)8-6-10-22(15(3)4)16(17(19-12-24)20-13-25)18(26)21(5)9-7-11-23;1-2/h12,14,20,23,25H,3,6-11,13H2,1-2,4-5H3,(H,19,24);1-2H3/b17-16-;. The number of allylic oxidation sites excluding steroid dienone is 1. The molecule has 0 fully saturated rings. The molecule has 164 valence electrons. The Morgan fingerprint density at radius 2 is 1.79 bits per heavy atom. The minimum absolute atomic E-state index is 0.0242. The van der Waals surface area contributed by atoms with Gasteiger partial charge < -0.3 is 30.6 Å². The molecule has 0 aromatic rings. The lowest BCUT2D eigenvalue weighted by atomic mass is 10.1. The third-order valence-electron chi connectivity index (χ3n) is 3.79. The van der Waals surface area contributed by atoms with Crippen LogP contribution in [0, 0.1) is 5.92 Å². The Bertz CT molecular complexity index is 493. The summed E-state index contributed by atoms with van der Waals surface area (Å²) in [5, 5.41) is 23.3. The van der Waals surface area contributed by atoms with Gasteiger partial charge in [0, 0.05) is 32.4 Å². The first-order valence-electron chi connectivity index (χ1n) is 9.88. The van der Waals surface area contributed by atoms with Gasteiger partial charge in [0.25, 0.3) is 5.91 Å². The minimum atomic E-state index is -0.441. The van der Waals surface area contributed by atoms with E-state index >= 15 is 0 Å². The van der Waals surface area contributed by atoms with Gasteiger partial charge in [-0.25, -0.2) is 0 Å². The zero-order valence-electron chi connectivity index (χ0n) is 18.4. The van der Waals surface area contributed by atoms with Gasteiger partial charge in [0.1, 0.15) is 18.2 Å². The molecule has 0 atom stereocenters. The Balaban J connectivity index is 0. The highest BCUT2D eigenvalue weighted by atomic mass is 16.3. The van der Waals surface area contributed by atoms with Crippen LogP contribution in [0.1, 0.15) is 53.9 Å². The number of carbonyl (C=O) groups excluding carboxylic acids is 2. The predicted molar refractivity (Wildman–Crippen MR) is 113 cm³/mol. The van der Waals surface area contributed by atoms with Gasteiger partial charge in [0.15, 0.2) is 0 Å². The molecule has 0 aliphatic carbocycles. The van der Waals surface area contributed by atoms with E-state index < -0.39 is 6.73 Å². The average molecular weight is 401 g/mol. The van der Waals surface area contributed by atoms with Gasteiger partial charge >= 0.3 is 0 Å². The highest BCUT2D eigenvalue weighted by Gasteiger charge is 2.26. The van der Waals surface area contributed by atoms with Crippen molar-refractivity contribution in [3.63, 3.8) is 0 Å². The Labute approximate surface area is 170 Å². The number of nitrogens with zero attached hydrogens (tertiary/aromatic N) is 2. The number of hydrogen-bond donors (Lipinski definition) is 4. The Morgan fingerprint density at radius 3 is 2.21 bits per heavy atom. The zero-order valence-corrected chi connectivity index (χ0v) is 18.4. The summed E-state index contributed by atoms with van der Waals surface area (Å²) in [6, 6.07) is 0. The average Bonchev–Trinajstić information content (AvgIpc) is 2.66. The van der Waals surface area contributed by atoms with Gasteiger partial charge in [-0.2, -0.15) is 0 Å². The molecular weight excluding hydrogens is 360 g/mol. The van der Waals surface area contributed by atoms with Crippen molar-refractivity contribution in [3.8, 4) is 0 Å². The van der Waals surface area contributed by atoms with Crippen molar-refractivity contribution < 1.29 is 19.8 Å². The second-order valence-corrected chi connectivity index (χ2v) is 6.55. The molecule has 4 N–H and O–H groups in total. The summed E-state index contributed by atoms with van der Waals surface area (Å²) >= 11 is 0. The first-order valence-corrected chi connectivity index (χ1v) is 9.88. The maximum Gasteiger partial charge on any atom is 0.274 e. The summed E-state index contributed by atoms with van der Waals surface area (Å²) in [5.74, 6) is 0.313. The van der Waals surface area contributed by atoms with E-state index in [0.29, 0.717) is 37.5 Å². The van der Waals surface area contributed by atoms with Crippen LogP contribution in [-0.4, -0.2) is 65.8 Å². The zero-order chi connectivity index (χ0) is 22.1. The van der Waals surface area contributed by atoms with E-state index in [1.165, 1.54) is 4.90 Å². The molecule has 0 saturated heterocycles. The molecule has 0 aliphatic heterocycles. The van der Waals surface area contributed by atoms with Gasteiger partial charge in [-0.15, -0.1) is 0 Å². The fourth-order valence-electron chi connectivity index (χ4n) is 2.44. The number of rotatable bonds is 14. The lowest BCUT2D eigenvalue weighted by Gasteiger charge is -2.31. The fraction of sp³-hybridized carbons (Fsp3) is 0.700. The lowest BCUT2D eigenvalue weighted by molar-refractivity contribution is -0.127. The molecule has 0 aliphatic rings. The number of nitrogens with one attached hydrogen (secondary N) is 2. The van der Waals surface area contributed by atoms with E-state index in [4.69, 9.17) is 5.11 Å². The Kier molecular flexibility index (Phi) is 17.2. The Morgan fingerprint density at radius 1 is 1.18 bits per heavy atom. The van der Waals surface area contributed by atoms with Crippen molar-refractivity contribution >= 4 is 12.3 Å². The third-order valence-corrected chi connectivity index (χ3v) is 3.79. The topological polar surface area (TPSA) is 105 Å². The van der Waals surface area contributed by atoms with Gasteiger partial charge in [-0.3, -0.25) is 9.59 Å². The number of aliphatic hydroxyl groups excluding tert-OH is 2. The molecule has 2 amide bonds. The van der Waals surface area contributed by atoms with Crippen molar-refractivity contribution in [1.82, 2.24) is 20.4 Å². The van der Waals surface area contributed by atoms with Crippen LogP contribution in [0.25, 0.3) is 0 Å². The quantitative estimate of drug-likeness (QED) is 0.200. The molecule has 0 bridgehead atoms. The lowest BCUT2D eigenvalue weighted by Crippen LogP contribution is -2.42. The van der Waals surface area contributed by atoms with Crippen molar-refractivity contribution in [3.05, 3.63) is 23.8 Å². The van der Waals surface area contributed by atoms with Gasteiger partial charge in [-0.05, 0) is 32.1 Å². The van der Waals surface area contributed by atoms with Crippen LogP contribution < -0.4 is 10.6 Å². The van der Waals surface area contributed by atoms with Crippen molar-refractivity contribution in [2.45, 2.75) is 53.9 Å². The first-order chi connectivity index (χ1) is 13.3. The van der Waals surface area contributed by atoms with Crippen LogP contribution in [-0.2, 0) is 9.59 Å². The van der Waals surface area contributed by atoms with Gasteiger partial charge in [0.05, 0.1) is 0 Å². The number of likely N-dealkylation sites (N-methyl/N-ethyl adjacent to an activating group) is 1. The normalized spacial score (nSPS) is 11.0. The molecular formula is C20H40N4O4. The summed E-state index contributed by atoms with van der Waals surface area (Å²) in [6.45, 7) is 14.4.